The molecule has 1 aromatic rings. The molecule has 134 valence electrons. The Labute approximate surface area is 144 Å². The van der Waals surface area contributed by atoms with Gasteiger partial charge in [0.2, 0.25) is 0 Å². The topological polar surface area (TPSA) is 66.8 Å². The molecular formula is C20H30O4. The quantitative estimate of drug-likeness (QED) is 0.754. The number of phenols is 1. The minimum Gasteiger partial charge on any atom is -0.508 e. The zero-order chi connectivity index (χ0) is 17.9. The van der Waals surface area contributed by atoms with Crippen LogP contribution < -0.4 is 4.74 Å². The van der Waals surface area contributed by atoms with E-state index < -0.39 is 5.97 Å². The molecule has 2 atom stereocenters. The van der Waals surface area contributed by atoms with Crippen LogP contribution in [0.15, 0.2) is 6.07 Å². The van der Waals surface area contributed by atoms with Crippen molar-refractivity contribution in [2.45, 2.75) is 78.2 Å². The number of aliphatic carboxylic acids is 1. The molecule has 2 N–H and O–H groups in total. The molecule has 1 aromatic carbocycles. The van der Waals surface area contributed by atoms with Gasteiger partial charge >= 0.3 is 5.97 Å². The van der Waals surface area contributed by atoms with Crippen LogP contribution in [0, 0.1) is 19.8 Å². The third kappa shape index (κ3) is 4.43. The van der Waals surface area contributed by atoms with Crippen molar-refractivity contribution in [1.29, 1.82) is 0 Å². The van der Waals surface area contributed by atoms with Gasteiger partial charge in [0.25, 0.3) is 0 Å². The van der Waals surface area contributed by atoms with Crippen molar-refractivity contribution in [2.24, 2.45) is 5.92 Å². The SMILES string of the molecule is Cc1c(O)cc2c(c1C)O[C@](C)(CCC[C@@H](C)CCC(=O)O)CC2. The van der Waals surface area contributed by atoms with Crippen LogP contribution in [-0.4, -0.2) is 21.8 Å². The number of phenolic OH excluding ortho intramolecular Hbond substituents is 1. The molecule has 0 aliphatic carbocycles. The molecule has 0 saturated carbocycles. The first-order chi connectivity index (χ1) is 11.2. The fourth-order valence-electron chi connectivity index (χ4n) is 3.48. The van der Waals surface area contributed by atoms with Crippen LogP contribution in [0.25, 0.3) is 0 Å². The second-order valence-corrected chi connectivity index (χ2v) is 7.62. The van der Waals surface area contributed by atoms with Gasteiger partial charge in [0.15, 0.2) is 0 Å². The third-order valence-electron chi connectivity index (χ3n) is 5.42. The number of carboxylic acid groups (broad SMARTS) is 1. The first-order valence-electron chi connectivity index (χ1n) is 8.94. The fraction of sp³-hybridized carbons (Fsp3) is 0.650. The Hall–Kier alpha value is -1.71. The Balaban J connectivity index is 1.93. The highest BCUT2D eigenvalue weighted by molar-refractivity contribution is 5.66. The number of aryl methyl sites for hydroxylation is 1. The summed E-state index contributed by atoms with van der Waals surface area (Å²) in [5.41, 5.74) is 2.85. The van der Waals surface area contributed by atoms with Crippen LogP contribution in [0.2, 0.25) is 0 Å². The summed E-state index contributed by atoms with van der Waals surface area (Å²) >= 11 is 0. The second kappa shape index (κ2) is 7.45. The average Bonchev–Trinajstić information content (AvgIpc) is 2.52. The number of hydrogen-bond acceptors (Lipinski definition) is 3. The lowest BCUT2D eigenvalue weighted by molar-refractivity contribution is -0.137. The molecule has 0 fully saturated rings. The maximum atomic E-state index is 10.6. The van der Waals surface area contributed by atoms with Gasteiger partial charge in [0, 0.05) is 6.42 Å². The smallest absolute Gasteiger partial charge is 0.303 e. The maximum Gasteiger partial charge on any atom is 0.303 e. The number of benzene rings is 1. The molecule has 1 heterocycles. The van der Waals surface area contributed by atoms with Gasteiger partial charge in [-0.25, -0.2) is 0 Å². The highest BCUT2D eigenvalue weighted by atomic mass is 16.5. The van der Waals surface area contributed by atoms with Crippen molar-refractivity contribution in [3.05, 3.63) is 22.8 Å². The standard InChI is InChI=1S/C20H30O4/c1-13(7-8-18(22)23)6-5-10-20(4)11-9-16-12-17(21)14(2)15(3)19(16)24-20/h12-13,21H,5-11H2,1-4H3,(H,22,23)/t13-,20-/m1/s1. The van der Waals surface area contributed by atoms with Gasteiger partial charge in [-0.2, -0.15) is 0 Å². The summed E-state index contributed by atoms with van der Waals surface area (Å²) in [5.74, 6) is 1.01. The van der Waals surface area contributed by atoms with Crippen LogP contribution in [0.1, 0.15) is 69.1 Å². The van der Waals surface area contributed by atoms with Gasteiger partial charge in [-0.15, -0.1) is 0 Å². The van der Waals surface area contributed by atoms with Crippen LogP contribution in [0.4, 0.5) is 0 Å². The largest absolute Gasteiger partial charge is 0.508 e. The average molecular weight is 334 g/mol. The molecule has 2 rings (SSSR count). The van der Waals surface area contributed by atoms with E-state index in [1.54, 1.807) is 0 Å². The Morgan fingerprint density at radius 1 is 1.33 bits per heavy atom. The van der Waals surface area contributed by atoms with E-state index in [0.717, 1.165) is 61.0 Å². The van der Waals surface area contributed by atoms with Crippen molar-refractivity contribution in [2.75, 3.05) is 0 Å². The van der Waals surface area contributed by atoms with Gasteiger partial charge < -0.3 is 14.9 Å². The normalized spacial score (nSPS) is 21.0. The number of rotatable bonds is 7. The summed E-state index contributed by atoms with van der Waals surface area (Å²) in [4.78, 5) is 10.6. The minimum absolute atomic E-state index is 0.173. The molecule has 0 spiro atoms. The number of hydrogen-bond donors (Lipinski definition) is 2. The van der Waals surface area contributed by atoms with Gasteiger partial charge in [0.1, 0.15) is 17.1 Å². The Bertz CT molecular complexity index is 608. The lowest BCUT2D eigenvalue weighted by Gasteiger charge is -2.37. The van der Waals surface area contributed by atoms with Crippen LogP contribution >= 0.6 is 0 Å². The lowest BCUT2D eigenvalue weighted by atomic mass is 9.85. The molecule has 0 saturated heterocycles. The van der Waals surface area contributed by atoms with Crippen molar-refractivity contribution < 1.29 is 19.7 Å². The van der Waals surface area contributed by atoms with Crippen molar-refractivity contribution in [1.82, 2.24) is 0 Å². The number of ether oxygens (including phenoxy) is 1. The molecule has 4 heteroatoms. The Morgan fingerprint density at radius 2 is 2.04 bits per heavy atom. The summed E-state index contributed by atoms with van der Waals surface area (Å²) in [6, 6.07) is 1.84. The summed E-state index contributed by atoms with van der Waals surface area (Å²) in [5, 5.41) is 18.7. The van der Waals surface area contributed by atoms with Crippen LogP contribution in [0.3, 0.4) is 0 Å². The first kappa shape index (κ1) is 18.6. The fourth-order valence-corrected chi connectivity index (χ4v) is 3.48. The van der Waals surface area contributed by atoms with Gasteiger partial charge in [-0.1, -0.05) is 13.3 Å². The highest BCUT2D eigenvalue weighted by Gasteiger charge is 2.32. The zero-order valence-electron chi connectivity index (χ0n) is 15.3. The van der Waals surface area contributed by atoms with E-state index in [1.165, 1.54) is 0 Å². The predicted molar refractivity (Wildman–Crippen MR) is 94.8 cm³/mol. The molecule has 0 unspecified atom stereocenters. The van der Waals surface area contributed by atoms with E-state index in [2.05, 4.69) is 13.8 Å². The lowest BCUT2D eigenvalue weighted by Crippen LogP contribution is -2.36. The van der Waals surface area contributed by atoms with E-state index in [1.807, 2.05) is 19.9 Å². The van der Waals surface area contributed by atoms with Crippen LogP contribution in [-0.2, 0) is 11.2 Å². The Kier molecular flexibility index (Phi) is 5.79. The summed E-state index contributed by atoms with van der Waals surface area (Å²) in [6.45, 7) is 8.22. The molecule has 4 nitrogen and oxygen atoms in total. The van der Waals surface area contributed by atoms with E-state index in [9.17, 15) is 9.90 Å². The molecule has 24 heavy (non-hydrogen) atoms. The second-order valence-electron chi connectivity index (χ2n) is 7.62. The Morgan fingerprint density at radius 3 is 2.71 bits per heavy atom. The number of aromatic hydroxyl groups is 1. The molecular weight excluding hydrogens is 304 g/mol. The zero-order valence-corrected chi connectivity index (χ0v) is 15.3. The molecule has 1 aliphatic heterocycles. The van der Waals surface area contributed by atoms with Gasteiger partial charge in [-0.3, -0.25) is 4.79 Å². The van der Waals surface area contributed by atoms with Crippen molar-refractivity contribution >= 4 is 5.97 Å². The summed E-state index contributed by atoms with van der Waals surface area (Å²) in [7, 11) is 0. The van der Waals surface area contributed by atoms with Crippen molar-refractivity contribution in [3.63, 3.8) is 0 Å². The van der Waals surface area contributed by atoms with Crippen molar-refractivity contribution in [3.8, 4) is 11.5 Å². The monoisotopic (exact) mass is 334 g/mol. The number of carbonyl (C=O) groups is 1. The molecule has 0 aromatic heterocycles. The summed E-state index contributed by atoms with van der Waals surface area (Å²) in [6.07, 6.45) is 5.93. The van der Waals surface area contributed by atoms with E-state index in [0.29, 0.717) is 11.7 Å². The highest BCUT2D eigenvalue weighted by Crippen LogP contribution is 2.42. The van der Waals surface area contributed by atoms with E-state index in [4.69, 9.17) is 9.84 Å². The van der Waals surface area contributed by atoms with Gasteiger partial charge in [-0.05, 0) is 81.5 Å². The van der Waals surface area contributed by atoms with Gasteiger partial charge in [0.05, 0.1) is 0 Å². The first-order valence-corrected chi connectivity index (χ1v) is 8.94. The maximum absolute atomic E-state index is 10.6. The number of fused-ring (bicyclic) bond motifs is 1. The number of carboxylic acids is 1. The molecule has 1 aliphatic rings. The van der Waals surface area contributed by atoms with Crippen LogP contribution in [0.5, 0.6) is 11.5 Å². The predicted octanol–water partition coefficient (Wildman–Crippen LogP) is 4.76. The molecule has 0 amide bonds. The summed E-state index contributed by atoms with van der Waals surface area (Å²) < 4.78 is 6.36. The third-order valence-corrected chi connectivity index (χ3v) is 5.42. The van der Waals surface area contributed by atoms with E-state index in [-0.39, 0.29) is 12.0 Å². The molecule has 0 bridgehead atoms. The van der Waals surface area contributed by atoms with E-state index >= 15 is 0 Å². The minimum atomic E-state index is -0.713. The molecule has 0 radical (unpaired) electrons.